The summed E-state index contributed by atoms with van der Waals surface area (Å²) in [7, 11) is 0. The smallest absolute Gasteiger partial charge is 0.422 e. The molecule has 0 fully saturated rings. The lowest BCUT2D eigenvalue weighted by Gasteiger charge is -2.12. The minimum absolute atomic E-state index is 0.106. The van der Waals surface area contributed by atoms with Crippen LogP contribution in [-0.2, 0) is 5.88 Å². The summed E-state index contributed by atoms with van der Waals surface area (Å²) in [6, 6.07) is 3.77. The molecule has 84 valence electrons. The molecule has 1 nitrogen and oxygen atoms in total. The van der Waals surface area contributed by atoms with E-state index in [1.54, 1.807) is 0 Å². The van der Waals surface area contributed by atoms with Crippen LogP contribution in [0.4, 0.5) is 17.6 Å². The average Bonchev–Trinajstić information content (AvgIpc) is 2.14. The van der Waals surface area contributed by atoms with Crippen LogP contribution >= 0.6 is 11.6 Å². The van der Waals surface area contributed by atoms with E-state index in [1.165, 1.54) is 12.1 Å². The van der Waals surface area contributed by atoms with E-state index in [1.807, 2.05) is 0 Å². The van der Waals surface area contributed by atoms with Gasteiger partial charge in [0.05, 0.1) is 5.88 Å². The second-order valence-electron chi connectivity index (χ2n) is 2.77. The highest BCUT2D eigenvalue weighted by Crippen LogP contribution is 2.26. The molecule has 1 rings (SSSR count). The predicted molar refractivity (Wildman–Crippen MR) is 47.5 cm³/mol. The molecule has 0 spiro atoms. The third-order valence-electron chi connectivity index (χ3n) is 1.57. The van der Waals surface area contributed by atoms with Crippen LogP contribution in [0.15, 0.2) is 18.2 Å². The molecule has 0 aliphatic rings. The molecule has 0 N–H and O–H groups in total. The van der Waals surface area contributed by atoms with Gasteiger partial charge < -0.3 is 4.74 Å². The van der Waals surface area contributed by atoms with Gasteiger partial charge in [-0.2, -0.15) is 13.2 Å². The van der Waals surface area contributed by atoms with Crippen LogP contribution in [0.5, 0.6) is 5.75 Å². The maximum atomic E-state index is 13.1. The third kappa shape index (κ3) is 3.58. The molecule has 6 heteroatoms. The molecular formula is C9H7ClF4O. The Morgan fingerprint density at radius 3 is 2.47 bits per heavy atom. The van der Waals surface area contributed by atoms with E-state index in [0.717, 1.165) is 6.07 Å². The lowest BCUT2D eigenvalue weighted by Crippen LogP contribution is -2.20. The van der Waals surface area contributed by atoms with E-state index in [-0.39, 0.29) is 11.4 Å². The van der Waals surface area contributed by atoms with Crippen LogP contribution in [-0.4, -0.2) is 12.8 Å². The van der Waals surface area contributed by atoms with Crippen LogP contribution in [0.1, 0.15) is 5.56 Å². The molecule has 1 aromatic rings. The van der Waals surface area contributed by atoms with Crippen LogP contribution in [0, 0.1) is 5.82 Å². The van der Waals surface area contributed by atoms with Gasteiger partial charge in [-0.1, -0.05) is 12.1 Å². The van der Waals surface area contributed by atoms with Gasteiger partial charge in [-0.25, -0.2) is 4.39 Å². The zero-order chi connectivity index (χ0) is 11.5. The first-order valence-electron chi connectivity index (χ1n) is 3.97. The maximum Gasteiger partial charge on any atom is 0.422 e. The Morgan fingerprint density at radius 2 is 1.93 bits per heavy atom. The zero-order valence-corrected chi connectivity index (χ0v) is 8.20. The Balaban J connectivity index is 2.83. The maximum absolute atomic E-state index is 13.1. The minimum Gasteiger partial charge on any atom is -0.481 e. The molecule has 0 unspecified atom stereocenters. The highest BCUT2D eigenvalue weighted by Gasteiger charge is 2.29. The summed E-state index contributed by atoms with van der Waals surface area (Å²) >= 11 is 5.43. The van der Waals surface area contributed by atoms with E-state index < -0.39 is 24.3 Å². The van der Waals surface area contributed by atoms with Crippen molar-refractivity contribution in [1.29, 1.82) is 0 Å². The van der Waals surface area contributed by atoms with Gasteiger partial charge in [0.25, 0.3) is 0 Å². The standard InChI is InChI=1S/C9H7ClF4O/c10-4-6-2-1-3-7(11)8(6)15-5-9(12,13)14/h1-3H,4-5H2. The number of benzene rings is 1. The van der Waals surface area contributed by atoms with Crippen LogP contribution in [0.25, 0.3) is 0 Å². The van der Waals surface area contributed by atoms with E-state index in [9.17, 15) is 17.6 Å². The molecule has 0 aliphatic heterocycles. The molecule has 0 saturated heterocycles. The molecule has 0 bridgehead atoms. The minimum atomic E-state index is -4.49. The normalized spacial score (nSPS) is 11.5. The second kappa shape index (κ2) is 4.70. The summed E-state index contributed by atoms with van der Waals surface area (Å²) in [6.07, 6.45) is -4.49. The molecular weight excluding hydrogens is 236 g/mol. The number of para-hydroxylation sites is 1. The molecule has 0 aliphatic carbocycles. The molecule has 1 aromatic carbocycles. The number of halogens is 5. The average molecular weight is 243 g/mol. The Morgan fingerprint density at radius 1 is 1.27 bits per heavy atom. The third-order valence-corrected chi connectivity index (χ3v) is 1.86. The van der Waals surface area contributed by atoms with Crippen molar-refractivity contribution in [2.24, 2.45) is 0 Å². The zero-order valence-electron chi connectivity index (χ0n) is 7.44. The molecule has 0 aromatic heterocycles. The number of alkyl halides is 4. The van der Waals surface area contributed by atoms with E-state index >= 15 is 0 Å². The topological polar surface area (TPSA) is 9.23 Å². The first kappa shape index (κ1) is 12.1. The Labute approximate surface area is 88.6 Å². The molecule has 0 saturated carbocycles. The van der Waals surface area contributed by atoms with Crippen molar-refractivity contribution in [3.63, 3.8) is 0 Å². The van der Waals surface area contributed by atoms with Crippen LogP contribution in [0.3, 0.4) is 0 Å². The van der Waals surface area contributed by atoms with Gasteiger partial charge in [-0.3, -0.25) is 0 Å². The predicted octanol–water partition coefficient (Wildman–Crippen LogP) is 3.51. The summed E-state index contributed by atoms with van der Waals surface area (Å²) in [6.45, 7) is -1.53. The number of hydrogen-bond donors (Lipinski definition) is 0. The molecule has 0 amide bonds. The fraction of sp³-hybridized carbons (Fsp3) is 0.333. The van der Waals surface area contributed by atoms with Gasteiger partial charge in [0.1, 0.15) is 0 Å². The molecule has 15 heavy (non-hydrogen) atoms. The molecule has 0 heterocycles. The van der Waals surface area contributed by atoms with Crippen molar-refractivity contribution in [3.05, 3.63) is 29.6 Å². The van der Waals surface area contributed by atoms with Crippen LogP contribution in [0.2, 0.25) is 0 Å². The largest absolute Gasteiger partial charge is 0.481 e. The lowest BCUT2D eigenvalue weighted by molar-refractivity contribution is -0.153. The number of rotatable bonds is 3. The quantitative estimate of drug-likeness (QED) is 0.582. The van der Waals surface area contributed by atoms with Gasteiger partial charge in [0.15, 0.2) is 18.2 Å². The summed E-state index contributed by atoms with van der Waals surface area (Å²) in [5.74, 6) is -1.40. The Kier molecular flexibility index (Phi) is 3.79. The van der Waals surface area contributed by atoms with Crippen molar-refractivity contribution in [2.75, 3.05) is 6.61 Å². The van der Waals surface area contributed by atoms with Gasteiger partial charge in [0.2, 0.25) is 0 Å². The Hall–Kier alpha value is -0.970. The van der Waals surface area contributed by atoms with E-state index in [2.05, 4.69) is 4.74 Å². The van der Waals surface area contributed by atoms with E-state index in [4.69, 9.17) is 11.6 Å². The molecule has 0 radical (unpaired) electrons. The van der Waals surface area contributed by atoms with Crippen molar-refractivity contribution in [1.82, 2.24) is 0 Å². The van der Waals surface area contributed by atoms with Crippen molar-refractivity contribution >= 4 is 11.6 Å². The van der Waals surface area contributed by atoms with Crippen molar-refractivity contribution < 1.29 is 22.3 Å². The summed E-state index contributed by atoms with van der Waals surface area (Å²) in [4.78, 5) is 0. The highest BCUT2D eigenvalue weighted by molar-refractivity contribution is 6.17. The van der Waals surface area contributed by atoms with Gasteiger partial charge in [-0.15, -0.1) is 11.6 Å². The van der Waals surface area contributed by atoms with Gasteiger partial charge in [-0.05, 0) is 6.07 Å². The summed E-state index contributed by atoms with van der Waals surface area (Å²) in [5, 5.41) is 0. The van der Waals surface area contributed by atoms with Gasteiger partial charge in [0, 0.05) is 5.56 Å². The second-order valence-corrected chi connectivity index (χ2v) is 3.03. The number of hydrogen-bond acceptors (Lipinski definition) is 1. The fourth-order valence-corrected chi connectivity index (χ4v) is 1.18. The lowest BCUT2D eigenvalue weighted by atomic mass is 10.2. The summed E-state index contributed by atoms with van der Waals surface area (Å²) in [5.41, 5.74) is 0.195. The Bertz CT molecular complexity index is 337. The van der Waals surface area contributed by atoms with Gasteiger partial charge >= 0.3 is 6.18 Å². The number of ether oxygens (including phenoxy) is 1. The first-order chi connectivity index (χ1) is 6.94. The SMILES string of the molecule is Fc1cccc(CCl)c1OCC(F)(F)F. The van der Waals surface area contributed by atoms with Crippen molar-refractivity contribution in [2.45, 2.75) is 12.1 Å². The van der Waals surface area contributed by atoms with Crippen LogP contribution < -0.4 is 4.74 Å². The van der Waals surface area contributed by atoms with Crippen molar-refractivity contribution in [3.8, 4) is 5.75 Å². The first-order valence-corrected chi connectivity index (χ1v) is 4.50. The summed E-state index contributed by atoms with van der Waals surface area (Å²) < 4.78 is 52.9. The monoisotopic (exact) mass is 242 g/mol. The van der Waals surface area contributed by atoms with E-state index in [0.29, 0.717) is 0 Å². The molecule has 0 atom stereocenters. The highest BCUT2D eigenvalue weighted by atomic mass is 35.5. The fourth-order valence-electron chi connectivity index (χ4n) is 0.974.